The van der Waals surface area contributed by atoms with Crippen molar-refractivity contribution in [1.82, 2.24) is 4.98 Å². The molecule has 0 atom stereocenters. The van der Waals surface area contributed by atoms with E-state index in [1.54, 1.807) is 0 Å². The van der Waals surface area contributed by atoms with Gasteiger partial charge in [-0.1, -0.05) is 15.9 Å². The smallest absolute Gasteiger partial charge is 0.287 e. The molecule has 0 aliphatic carbocycles. The summed E-state index contributed by atoms with van der Waals surface area (Å²) in [6.07, 6.45) is 1.07. The van der Waals surface area contributed by atoms with Crippen LogP contribution in [-0.2, 0) is 0 Å². The molecule has 1 rings (SSSR count). The number of pyridine rings is 1. The van der Waals surface area contributed by atoms with Gasteiger partial charge < -0.3 is 0 Å². The summed E-state index contributed by atoms with van der Waals surface area (Å²) < 4.78 is 0. The van der Waals surface area contributed by atoms with Crippen LogP contribution in [0.3, 0.4) is 0 Å². The van der Waals surface area contributed by atoms with Crippen LogP contribution in [0.5, 0.6) is 0 Å². The first-order valence-corrected chi connectivity index (χ1v) is 4.47. The van der Waals surface area contributed by atoms with E-state index < -0.39 is 4.92 Å². The fraction of sp³-hybridized carbons (Fsp3) is 0.143. The van der Waals surface area contributed by atoms with Crippen molar-refractivity contribution in [1.29, 1.82) is 0 Å². The van der Waals surface area contributed by atoms with Gasteiger partial charge in [0.25, 0.3) is 5.69 Å². The third kappa shape index (κ3) is 2.32. The summed E-state index contributed by atoms with van der Waals surface area (Å²) in [5.41, 5.74) is 0.105. The van der Waals surface area contributed by atoms with Crippen molar-refractivity contribution >= 4 is 27.4 Å². The van der Waals surface area contributed by atoms with E-state index in [9.17, 15) is 14.9 Å². The summed E-state index contributed by atoms with van der Waals surface area (Å²) in [5, 5.41) is 10.4. The van der Waals surface area contributed by atoms with E-state index in [2.05, 4.69) is 20.9 Å². The largest absolute Gasteiger partial charge is 0.291 e. The average Bonchev–Trinajstić information content (AvgIpc) is 2.17. The minimum absolute atomic E-state index is 0.119. The molecule has 68 valence electrons. The number of nitrogens with zero attached hydrogens (tertiary/aromatic N) is 2. The van der Waals surface area contributed by atoms with Crippen LogP contribution in [0.1, 0.15) is 10.5 Å². The van der Waals surface area contributed by atoms with Crippen molar-refractivity contribution in [3.63, 3.8) is 0 Å². The SMILES string of the molecule is O=C(CBr)c1ccc([N+](=O)[O-])cn1. The maximum atomic E-state index is 11.0. The molecular formula is C7H5BrN2O3. The minimum Gasteiger partial charge on any atom is -0.291 e. The number of hydrogen-bond acceptors (Lipinski definition) is 4. The van der Waals surface area contributed by atoms with E-state index in [-0.39, 0.29) is 22.5 Å². The highest BCUT2D eigenvalue weighted by Gasteiger charge is 2.09. The Balaban J connectivity index is 2.93. The first kappa shape index (κ1) is 9.79. The van der Waals surface area contributed by atoms with E-state index >= 15 is 0 Å². The molecular weight excluding hydrogens is 240 g/mol. The van der Waals surface area contributed by atoms with Gasteiger partial charge in [0.05, 0.1) is 10.3 Å². The molecule has 0 unspecified atom stereocenters. The molecule has 0 saturated heterocycles. The topological polar surface area (TPSA) is 73.1 Å². The summed E-state index contributed by atoms with van der Waals surface area (Å²) in [6.45, 7) is 0. The minimum atomic E-state index is -0.560. The van der Waals surface area contributed by atoms with Crippen LogP contribution in [0.4, 0.5) is 5.69 Å². The number of carbonyl (C=O) groups is 1. The second-order valence-electron chi connectivity index (χ2n) is 2.22. The van der Waals surface area contributed by atoms with Crippen LogP contribution in [0.15, 0.2) is 18.3 Å². The van der Waals surface area contributed by atoms with Crippen LogP contribution < -0.4 is 0 Å². The Morgan fingerprint density at radius 2 is 2.31 bits per heavy atom. The van der Waals surface area contributed by atoms with Crippen molar-refractivity contribution in [3.8, 4) is 0 Å². The summed E-state index contributed by atoms with van der Waals surface area (Å²) in [6, 6.07) is 2.59. The number of Topliss-reactive ketones (excluding diaryl/α,β-unsaturated/α-hetero) is 1. The van der Waals surface area contributed by atoms with Gasteiger partial charge in [0.15, 0.2) is 5.78 Å². The maximum absolute atomic E-state index is 11.0. The predicted octanol–water partition coefficient (Wildman–Crippen LogP) is 1.57. The van der Waals surface area contributed by atoms with E-state index in [4.69, 9.17) is 0 Å². The summed E-state index contributed by atoms with van der Waals surface area (Å²) in [5.74, 6) is -0.199. The molecule has 1 aromatic rings. The molecule has 0 aliphatic rings. The van der Waals surface area contributed by atoms with E-state index in [0.717, 1.165) is 6.20 Å². The van der Waals surface area contributed by atoms with Crippen LogP contribution >= 0.6 is 15.9 Å². The quantitative estimate of drug-likeness (QED) is 0.350. The fourth-order valence-corrected chi connectivity index (χ4v) is 1.01. The number of rotatable bonds is 3. The molecule has 0 spiro atoms. The third-order valence-corrected chi connectivity index (χ3v) is 1.88. The van der Waals surface area contributed by atoms with Crippen molar-refractivity contribution in [2.75, 3.05) is 5.33 Å². The number of alkyl halides is 1. The highest BCUT2D eigenvalue weighted by atomic mass is 79.9. The molecule has 0 radical (unpaired) electrons. The molecule has 1 heterocycles. The number of nitro groups is 1. The van der Waals surface area contributed by atoms with Crippen molar-refractivity contribution in [2.24, 2.45) is 0 Å². The van der Waals surface area contributed by atoms with Gasteiger partial charge in [0.2, 0.25) is 0 Å². The number of halogens is 1. The van der Waals surface area contributed by atoms with Gasteiger partial charge in [-0.15, -0.1) is 0 Å². The fourth-order valence-electron chi connectivity index (χ4n) is 0.727. The molecule has 0 aromatic carbocycles. The Labute approximate surface area is 82.1 Å². The Kier molecular flexibility index (Phi) is 3.07. The van der Waals surface area contributed by atoms with Crippen LogP contribution in [0, 0.1) is 10.1 Å². The summed E-state index contributed by atoms with van der Waals surface area (Å²) in [7, 11) is 0. The lowest BCUT2D eigenvalue weighted by atomic mass is 10.3. The molecule has 0 bridgehead atoms. The molecule has 0 fully saturated rings. The Bertz CT molecular complexity index is 336. The average molecular weight is 245 g/mol. The zero-order valence-electron chi connectivity index (χ0n) is 6.44. The Morgan fingerprint density at radius 1 is 1.62 bits per heavy atom. The normalized spacial score (nSPS) is 9.62. The molecule has 1 aromatic heterocycles. The number of hydrogen-bond donors (Lipinski definition) is 0. The lowest BCUT2D eigenvalue weighted by Crippen LogP contribution is -2.03. The first-order chi connectivity index (χ1) is 6.15. The molecule has 0 saturated carbocycles. The lowest BCUT2D eigenvalue weighted by Gasteiger charge is -1.94. The van der Waals surface area contributed by atoms with Gasteiger partial charge >= 0.3 is 0 Å². The van der Waals surface area contributed by atoms with Crippen LogP contribution in [0.2, 0.25) is 0 Å². The highest BCUT2D eigenvalue weighted by molar-refractivity contribution is 9.09. The molecule has 6 heteroatoms. The number of aromatic nitrogens is 1. The van der Waals surface area contributed by atoms with Crippen molar-refractivity contribution < 1.29 is 9.72 Å². The molecule has 0 amide bonds. The Morgan fingerprint density at radius 3 is 2.69 bits per heavy atom. The number of ketones is 1. The van der Waals surface area contributed by atoms with E-state index in [1.807, 2.05) is 0 Å². The molecule has 0 aliphatic heterocycles. The predicted molar refractivity (Wildman–Crippen MR) is 49.0 cm³/mol. The second-order valence-corrected chi connectivity index (χ2v) is 2.78. The Hall–Kier alpha value is -1.30. The zero-order chi connectivity index (χ0) is 9.84. The van der Waals surface area contributed by atoms with Crippen LogP contribution in [-0.4, -0.2) is 21.0 Å². The monoisotopic (exact) mass is 244 g/mol. The zero-order valence-corrected chi connectivity index (χ0v) is 8.02. The summed E-state index contributed by atoms with van der Waals surface area (Å²) >= 11 is 2.98. The third-order valence-electron chi connectivity index (χ3n) is 1.37. The summed E-state index contributed by atoms with van der Waals surface area (Å²) in [4.78, 5) is 24.3. The first-order valence-electron chi connectivity index (χ1n) is 3.34. The van der Waals surface area contributed by atoms with Gasteiger partial charge in [-0.25, -0.2) is 4.98 Å². The lowest BCUT2D eigenvalue weighted by molar-refractivity contribution is -0.385. The van der Waals surface area contributed by atoms with Crippen molar-refractivity contribution in [2.45, 2.75) is 0 Å². The maximum Gasteiger partial charge on any atom is 0.287 e. The van der Waals surface area contributed by atoms with Gasteiger partial charge in [-0.3, -0.25) is 14.9 Å². The van der Waals surface area contributed by atoms with Gasteiger partial charge in [-0.05, 0) is 6.07 Å². The second kappa shape index (κ2) is 4.08. The van der Waals surface area contributed by atoms with Gasteiger partial charge in [0, 0.05) is 6.07 Å². The molecule has 5 nitrogen and oxygen atoms in total. The van der Waals surface area contributed by atoms with Gasteiger partial charge in [-0.2, -0.15) is 0 Å². The highest BCUT2D eigenvalue weighted by Crippen LogP contribution is 2.09. The molecule has 0 N–H and O–H groups in total. The standard InChI is InChI=1S/C7H5BrN2O3/c8-3-7(11)6-2-1-5(4-9-6)10(12)13/h1-2,4H,3H2. The van der Waals surface area contributed by atoms with Crippen LogP contribution in [0.25, 0.3) is 0 Å². The van der Waals surface area contributed by atoms with E-state index in [1.165, 1.54) is 12.1 Å². The van der Waals surface area contributed by atoms with Gasteiger partial charge in [0.1, 0.15) is 11.9 Å². The van der Waals surface area contributed by atoms with Crippen molar-refractivity contribution in [3.05, 3.63) is 34.1 Å². The molecule has 13 heavy (non-hydrogen) atoms. The number of carbonyl (C=O) groups excluding carboxylic acids is 1. The van der Waals surface area contributed by atoms with E-state index in [0.29, 0.717) is 0 Å².